The second kappa shape index (κ2) is 7.97. The summed E-state index contributed by atoms with van der Waals surface area (Å²) in [7, 11) is 0. The SMILES string of the molecule is CCC(C)NC(=O)Cn1c(=O)ccn(Cc2ccccc2Cl)c1=O. The highest BCUT2D eigenvalue weighted by molar-refractivity contribution is 6.31. The summed E-state index contributed by atoms with van der Waals surface area (Å²) >= 11 is 6.11. The van der Waals surface area contributed by atoms with E-state index in [1.165, 1.54) is 16.8 Å². The molecular weight excluding hydrogens is 330 g/mol. The fourth-order valence-electron chi connectivity index (χ4n) is 2.20. The first-order valence-electron chi connectivity index (χ1n) is 7.75. The monoisotopic (exact) mass is 349 g/mol. The van der Waals surface area contributed by atoms with E-state index in [0.717, 1.165) is 16.6 Å². The summed E-state index contributed by atoms with van der Waals surface area (Å²) in [5.74, 6) is -0.362. The third kappa shape index (κ3) is 4.35. The average Bonchev–Trinajstić information content (AvgIpc) is 2.55. The van der Waals surface area contributed by atoms with E-state index in [9.17, 15) is 14.4 Å². The first kappa shape index (κ1) is 18.0. The molecule has 7 heteroatoms. The summed E-state index contributed by atoms with van der Waals surface area (Å²) in [4.78, 5) is 36.4. The Hall–Kier alpha value is -2.34. The zero-order chi connectivity index (χ0) is 17.7. The highest BCUT2D eigenvalue weighted by atomic mass is 35.5. The van der Waals surface area contributed by atoms with E-state index in [-0.39, 0.29) is 25.0 Å². The van der Waals surface area contributed by atoms with Crippen molar-refractivity contribution in [2.24, 2.45) is 0 Å². The molecule has 1 atom stereocenters. The average molecular weight is 350 g/mol. The number of benzene rings is 1. The summed E-state index contributed by atoms with van der Waals surface area (Å²) in [6.45, 7) is 3.73. The number of amides is 1. The fraction of sp³-hybridized carbons (Fsp3) is 0.353. The van der Waals surface area contributed by atoms with Gasteiger partial charge in [-0.1, -0.05) is 36.7 Å². The van der Waals surface area contributed by atoms with Gasteiger partial charge in [-0.25, -0.2) is 4.79 Å². The molecule has 0 aliphatic rings. The molecule has 1 amide bonds. The molecule has 0 bridgehead atoms. The molecule has 2 aromatic rings. The molecule has 0 aliphatic carbocycles. The van der Waals surface area contributed by atoms with Crippen LogP contribution in [0.15, 0.2) is 46.1 Å². The summed E-state index contributed by atoms with van der Waals surface area (Å²) in [5, 5.41) is 3.28. The van der Waals surface area contributed by atoms with Crippen LogP contribution in [0.25, 0.3) is 0 Å². The van der Waals surface area contributed by atoms with Gasteiger partial charge in [0, 0.05) is 23.3 Å². The van der Waals surface area contributed by atoms with Gasteiger partial charge in [0.2, 0.25) is 5.91 Å². The molecule has 0 fully saturated rings. The molecular formula is C17H20ClN3O3. The van der Waals surface area contributed by atoms with Gasteiger partial charge in [-0.3, -0.25) is 18.7 Å². The largest absolute Gasteiger partial charge is 0.352 e. The van der Waals surface area contributed by atoms with Crippen LogP contribution in [-0.4, -0.2) is 21.1 Å². The van der Waals surface area contributed by atoms with Gasteiger partial charge in [-0.15, -0.1) is 0 Å². The van der Waals surface area contributed by atoms with Gasteiger partial charge >= 0.3 is 5.69 Å². The Labute approximate surface area is 144 Å². The van der Waals surface area contributed by atoms with Crippen molar-refractivity contribution in [1.82, 2.24) is 14.5 Å². The Kier molecular flexibility index (Phi) is 5.98. The predicted octanol–water partition coefficient (Wildman–Crippen LogP) is 1.63. The van der Waals surface area contributed by atoms with E-state index in [1.54, 1.807) is 18.2 Å². The molecule has 0 saturated heterocycles. The second-order valence-electron chi connectivity index (χ2n) is 5.62. The van der Waals surface area contributed by atoms with Gasteiger partial charge in [-0.05, 0) is 25.0 Å². The molecule has 24 heavy (non-hydrogen) atoms. The van der Waals surface area contributed by atoms with E-state index < -0.39 is 11.2 Å². The number of nitrogens with zero attached hydrogens (tertiary/aromatic N) is 2. The van der Waals surface area contributed by atoms with Crippen molar-refractivity contribution in [2.45, 2.75) is 39.4 Å². The van der Waals surface area contributed by atoms with Crippen LogP contribution in [0.2, 0.25) is 5.02 Å². The molecule has 128 valence electrons. The van der Waals surface area contributed by atoms with Crippen molar-refractivity contribution in [2.75, 3.05) is 0 Å². The molecule has 1 aromatic carbocycles. The van der Waals surface area contributed by atoms with Crippen LogP contribution in [0, 0.1) is 0 Å². The Balaban J connectivity index is 2.28. The van der Waals surface area contributed by atoms with E-state index in [0.29, 0.717) is 5.02 Å². The van der Waals surface area contributed by atoms with Crippen molar-refractivity contribution in [3.63, 3.8) is 0 Å². The maximum absolute atomic E-state index is 12.5. The molecule has 0 spiro atoms. The van der Waals surface area contributed by atoms with E-state index in [2.05, 4.69) is 5.32 Å². The topological polar surface area (TPSA) is 73.1 Å². The minimum Gasteiger partial charge on any atom is -0.352 e. The summed E-state index contributed by atoms with van der Waals surface area (Å²) < 4.78 is 2.29. The van der Waals surface area contributed by atoms with E-state index in [4.69, 9.17) is 11.6 Å². The van der Waals surface area contributed by atoms with Crippen molar-refractivity contribution in [1.29, 1.82) is 0 Å². The van der Waals surface area contributed by atoms with Crippen LogP contribution >= 0.6 is 11.6 Å². The number of hydrogen-bond acceptors (Lipinski definition) is 3. The first-order chi connectivity index (χ1) is 11.4. The molecule has 6 nitrogen and oxygen atoms in total. The van der Waals surface area contributed by atoms with Crippen LogP contribution in [0.1, 0.15) is 25.8 Å². The molecule has 1 N–H and O–H groups in total. The molecule has 1 aromatic heterocycles. The van der Waals surface area contributed by atoms with Crippen LogP contribution in [0.3, 0.4) is 0 Å². The standard InChI is InChI=1S/C17H20ClN3O3/c1-3-12(2)19-15(22)11-21-16(23)8-9-20(17(21)24)10-13-6-4-5-7-14(13)18/h4-9,12H,3,10-11H2,1-2H3,(H,19,22). The highest BCUT2D eigenvalue weighted by Gasteiger charge is 2.12. The van der Waals surface area contributed by atoms with Crippen LogP contribution in [-0.2, 0) is 17.9 Å². The number of hydrogen-bond donors (Lipinski definition) is 1. The smallest absolute Gasteiger partial charge is 0.331 e. The summed E-state index contributed by atoms with van der Waals surface area (Å²) in [6, 6.07) is 8.42. The maximum atomic E-state index is 12.5. The Morgan fingerprint density at radius 1 is 1.25 bits per heavy atom. The minimum atomic E-state index is -0.540. The third-order valence-corrected chi connectivity index (χ3v) is 4.13. The molecule has 0 aliphatic heterocycles. The van der Waals surface area contributed by atoms with Gasteiger partial charge in [0.1, 0.15) is 6.54 Å². The molecule has 2 rings (SSSR count). The van der Waals surface area contributed by atoms with Crippen molar-refractivity contribution < 1.29 is 4.79 Å². The Morgan fingerprint density at radius 2 is 1.96 bits per heavy atom. The Morgan fingerprint density at radius 3 is 2.62 bits per heavy atom. The van der Waals surface area contributed by atoms with Gasteiger partial charge in [-0.2, -0.15) is 0 Å². The second-order valence-corrected chi connectivity index (χ2v) is 6.03. The van der Waals surface area contributed by atoms with Crippen LogP contribution in [0.4, 0.5) is 0 Å². The summed E-state index contributed by atoms with van der Waals surface area (Å²) in [6.07, 6.45) is 2.18. The lowest BCUT2D eigenvalue weighted by Gasteiger charge is -2.13. The quantitative estimate of drug-likeness (QED) is 0.861. The van der Waals surface area contributed by atoms with Gasteiger partial charge < -0.3 is 5.32 Å². The fourth-order valence-corrected chi connectivity index (χ4v) is 2.39. The van der Waals surface area contributed by atoms with E-state index in [1.807, 2.05) is 19.9 Å². The highest BCUT2D eigenvalue weighted by Crippen LogP contribution is 2.15. The van der Waals surface area contributed by atoms with E-state index >= 15 is 0 Å². The molecule has 1 heterocycles. The van der Waals surface area contributed by atoms with Crippen LogP contribution < -0.4 is 16.6 Å². The van der Waals surface area contributed by atoms with Crippen molar-refractivity contribution >= 4 is 17.5 Å². The minimum absolute atomic E-state index is 0.0118. The zero-order valence-electron chi connectivity index (χ0n) is 13.7. The number of nitrogens with one attached hydrogen (secondary N) is 1. The number of carbonyl (C=O) groups is 1. The van der Waals surface area contributed by atoms with Gasteiger partial charge in [0.25, 0.3) is 5.56 Å². The molecule has 0 saturated carbocycles. The molecule has 0 radical (unpaired) electrons. The van der Waals surface area contributed by atoms with Crippen molar-refractivity contribution in [3.05, 3.63) is 68.0 Å². The van der Waals surface area contributed by atoms with Gasteiger partial charge in [0.05, 0.1) is 6.54 Å². The molecule has 1 unspecified atom stereocenters. The number of carbonyl (C=O) groups excluding carboxylic acids is 1. The lowest BCUT2D eigenvalue weighted by atomic mass is 10.2. The number of rotatable bonds is 6. The predicted molar refractivity (Wildman–Crippen MR) is 93.4 cm³/mol. The zero-order valence-corrected chi connectivity index (χ0v) is 14.4. The first-order valence-corrected chi connectivity index (χ1v) is 8.13. The van der Waals surface area contributed by atoms with Crippen LogP contribution in [0.5, 0.6) is 0 Å². The Bertz CT molecular complexity index is 841. The van der Waals surface area contributed by atoms with Crippen molar-refractivity contribution in [3.8, 4) is 0 Å². The van der Waals surface area contributed by atoms with Gasteiger partial charge in [0.15, 0.2) is 0 Å². The third-order valence-electron chi connectivity index (χ3n) is 3.76. The lowest BCUT2D eigenvalue weighted by Crippen LogP contribution is -2.44. The summed E-state index contributed by atoms with van der Waals surface area (Å²) in [5.41, 5.74) is -0.285. The maximum Gasteiger partial charge on any atom is 0.331 e. The lowest BCUT2D eigenvalue weighted by molar-refractivity contribution is -0.122. The number of aromatic nitrogens is 2. The normalized spacial score (nSPS) is 12.0. The number of halogens is 1.